The normalized spacial score (nSPS) is 27.5. The molecule has 0 spiro atoms. The summed E-state index contributed by atoms with van der Waals surface area (Å²) in [5.41, 5.74) is 2.14. The van der Waals surface area contributed by atoms with Crippen molar-refractivity contribution in [2.24, 2.45) is 0 Å². The van der Waals surface area contributed by atoms with E-state index in [2.05, 4.69) is 28.8 Å². The third-order valence-electron chi connectivity index (χ3n) is 8.09. The van der Waals surface area contributed by atoms with Crippen LogP contribution in [0.5, 0.6) is 0 Å². The average molecular weight is 514 g/mol. The second-order valence-electron chi connectivity index (χ2n) is 10.7. The van der Waals surface area contributed by atoms with Gasteiger partial charge in [0.1, 0.15) is 24.6 Å². The highest BCUT2D eigenvalue weighted by atomic mass is 16.8. The molecule has 2 aliphatic heterocycles. The molecule has 3 aromatic rings. The van der Waals surface area contributed by atoms with Crippen LogP contribution in [0.2, 0.25) is 0 Å². The van der Waals surface area contributed by atoms with Crippen molar-refractivity contribution < 1.29 is 19.3 Å². The fourth-order valence-corrected chi connectivity index (χ4v) is 5.92. The molecule has 9 heteroatoms. The lowest BCUT2D eigenvalue weighted by atomic mass is 10.0. The van der Waals surface area contributed by atoms with Crippen LogP contribution in [0.3, 0.4) is 0 Å². The summed E-state index contributed by atoms with van der Waals surface area (Å²) < 4.78 is 23.2. The molecule has 9 nitrogen and oxygen atoms in total. The van der Waals surface area contributed by atoms with Gasteiger partial charge in [-0.3, -0.25) is 8.97 Å². The topological polar surface area (TPSA) is 95.9 Å². The lowest BCUT2D eigenvalue weighted by molar-refractivity contribution is -0.225. The van der Waals surface area contributed by atoms with Gasteiger partial charge in [0.2, 0.25) is 0 Å². The predicted molar refractivity (Wildman–Crippen MR) is 141 cm³/mol. The van der Waals surface area contributed by atoms with Gasteiger partial charge in [-0.15, -0.1) is 0 Å². The van der Waals surface area contributed by atoms with E-state index in [1.54, 1.807) is 18.9 Å². The first-order chi connectivity index (χ1) is 18.2. The largest absolute Gasteiger partial charge is 0.394 e. The number of nitrogens with zero attached hydrogens (tertiary/aromatic N) is 5. The van der Waals surface area contributed by atoms with Crippen LogP contribution in [0.15, 0.2) is 25.0 Å². The second-order valence-corrected chi connectivity index (χ2v) is 10.7. The Hall–Kier alpha value is -2.07. The summed E-state index contributed by atoms with van der Waals surface area (Å²) in [6.45, 7) is 4.27. The van der Waals surface area contributed by atoms with Crippen molar-refractivity contribution in [3.8, 4) is 0 Å². The van der Waals surface area contributed by atoms with E-state index in [1.807, 2.05) is 15.2 Å². The summed E-state index contributed by atoms with van der Waals surface area (Å²) in [6, 6.07) is 0. The maximum Gasteiger partial charge on any atom is 0.169 e. The van der Waals surface area contributed by atoms with Crippen LogP contribution in [0, 0.1) is 0 Å². The Morgan fingerprint density at radius 1 is 0.838 bits per heavy atom. The Bertz CT molecular complexity index is 1130. The molecule has 0 radical (unpaired) electrons. The fourth-order valence-electron chi connectivity index (χ4n) is 5.92. The molecular weight excluding hydrogens is 470 g/mol. The average Bonchev–Trinajstić information content (AvgIpc) is 3.69. The standard InChI is InChI=1S/C28H43N5O4/c1-3-5-6-7-8-9-10-11-12-13-14-15-28(4-2)36-23-21(18-34)35-27(24(23)37-28)33-20-30-22-25-29-16-17-32(25)19-31-26(22)33/h16-17,19-21,23-24,27,34H,3-15,18H2,1-2H3/t21-,23-,24-,27-,28+/m1/s1. The Morgan fingerprint density at radius 2 is 1.54 bits per heavy atom. The van der Waals surface area contributed by atoms with E-state index < -0.39 is 18.1 Å². The zero-order chi connectivity index (χ0) is 25.7. The molecule has 0 unspecified atom stereocenters. The molecule has 3 aromatic heterocycles. The number of ether oxygens (including phenoxy) is 3. The highest BCUT2D eigenvalue weighted by Crippen LogP contribution is 2.46. The van der Waals surface area contributed by atoms with Crippen LogP contribution in [0.4, 0.5) is 0 Å². The van der Waals surface area contributed by atoms with Crippen molar-refractivity contribution in [3.63, 3.8) is 0 Å². The van der Waals surface area contributed by atoms with Gasteiger partial charge in [0.05, 0.1) is 12.9 Å². The molecule has 0 aromatic carbocycles. The molecule has 0 aliphatic carbocycles. The number of fused-ring (bicyclic) bond motifs is 4. The number of rotatable bonds is 15. The number of aromatic nitrogens is 5. The molecule has 2 saturated heterocycles. The number of aliphatic hydroxyl groups excluding tert-OH is 1. The Kier molecular flexibility index (Phi) is 8.74. The summed E-state index contributed by atoms with van der Waals surface area (Å²) in [4.78, 5) is 13.6. The number of imidazole rings is 2. The van der Waals surface area contributed by atoms with Gasteiger partial charge in [-0.25, -0.2) is 15.0 Å². The van der Waals surface area contributed by atoms with E-state index in [4.69, 9.17) is 14.2 Å². The van der Waals surface area contributed by atoms with Gasteiger partial charge in [-0.2, -0.15) is 0 Å². The summed E-state index contributed by atoms with van der Waals surface area (Å²) in [6.07, 6.45) is 21.5. The molecule has 204 valence electrons. The van der Waals surface area contributed by atoms with Crippen molar-refractivity contribution in [3.05, 3.63) is 25.0 Å². The molecule has 0 saturated carbocycles. The lowest BCUT2D eigenvalue weighted by Crippen LogP contribution is -2.35. The summed E-state index contributed by atoms with van der Waals surface area (Å²) >= 11 is 0. The van der Waals surface area contributed by atoms with E-state index in [0.29, 0.717) is 11.2 Å². The van der Waals surface area contributed by atoms with E-state index in [1.165, 1.54) is 64.2 Å². The SMILES string of the molecule is CCCCCCCCCCCCC[C@]1(CC)O[C@@H]2[C@H](O1)[C@@H](CO)O[C@H]2n1cnc2c1ncn1ccnc21. The molecule has 5 heterocycles. The lowest BCUT2D eigenvalue weighted by Gasteiger charge is -2.30. The summed E-state index contributed by atoms with van der Waals surface area (Å²) in [5.74, 6) is -0.635. The minimum absolute atomic E-state index is 0.121. The first kappa shape index (κ1) is 26.5. The monoisotopic (exact) mass is 513 g/mol. The van der Waals surface area contributed by atoms with Gasteiger partial charge in [0.25, 0.3) is 0 Å². The predicted octanol–water partition coefficient (Wildman–Crippen LogP) is 5.56. The first-order valence-corrected chi connectivity index (χ1v) is 14.5. The molecule has 5 atom stereocenters. The fraction of sp³-hybridized carbons (Fsp3) is 0.750. The maximum absolute atomic E-state index is 10.1. The van der Waals surface area contributed by atoms with E-state index >= 15 is 0 Å². The smallest absolute Gasteiger partial charge is 0.169 e. The molecule has 2 fully saturated rings. The maximum atomic E-state index is 10.1. The van der Waals surface area contributed by atoms with E-state index in [9.17, 15) is 5.11 Å². The van der Waals surface area contributed by atoms with Gasteiger partial charge in [-0.05, 0) is 12.8 Å². The third kappa shape index (κ3) is 5.55. The highest BCUT2D eigenvalue weighted by Gasteiger charge is 2.58. The van der Waals surface area contributed by atoms with E-state index in [0.717, 1.165) is 24.9 Å². The second kappa shape index (κ2) is 12.2. The van der Waals surface area contributed by atoms with Crippen LogP contribution in [0.1, 0.15) is 104 Å². The van der Waals surface area contributed by atoms with Crippen molar-refractivity contribution in [2.75, 3.05) is 6.61 Å². The quantitative estimate of drug-likeness (QED) is 0.266. The zero-order valence-electron chi connectivity index (χ0n) is 22.4. The molecule has 2 aliphatic rings. The van der Waals surface area contributed by atoms with Crippen molar-refractivity contribution in [1.82, 2.24) is 23.9 Å². The van der Waals surface area contributed by atoms with Crippen molar-refractivity contribution in [1.29, 1.82) is 0 Å². The summed E-state index contributed by atoms with van der Waals surface area (Å²) in [7, 11) is 0. The summed E-state index contributed by atoms with van der Waals surface area (Å²) in [5, 5.41) is 10.1. The Morgan fingerprint density at radius 3 is 2.24 bits per heavy atom. The van der Waals surface area contributed by atoms with Crippen LogP contribution in [-0.2, 0) is 14.2 Å². The number of unbranched alkanes of at least 4 members (excludes halogenated alkanes) is 10. The van der Waals surface area contributed by atoms with Crippen LogP contribution < -0.4 is 0 Å². The molecule has 1 N–H and O–H groups in total. The molecular formula is C28H43N5O4. The van der Waals surface area contributed by atoms with Crippen molar-refractivity contribution in [2.45, 2.75) is 128 Å². The van der Waals surface area contributed by atoms with Crippen LogP contribution >= 0.6 is 0 Å². The molecule has 5 rings (SSSR count). The minimum atomic E-state index is -0.635. The van der Waals surface area contributed by atoms with Gasteiger partial charge >= 0.3 is 0 Å². The minimum Gasteiger partial charge on any atom is -0.394 e. The Labute approximate surface area is 219 Å². The van der Waals surface area contributed by atoms with Crippen molar-refractivity contribution >= 4 is 16.8 Å². The zero-order valence-corrected chi connectivity index (χ0v) is 22.4. The van der Waals surface area contributed by atoms with Crippen LogP contribution in [-0.4, -0.2) is 59.7 Å². The van der Waals surface area contributed by atoms with E-state index in [-0.39, 0.29) is 18.8 Å². The van der Waals surface area contributed by atoms with Crippen LogP contribution in [0.25, 0.3) is 16.8 Å². The van der Waals surface area contributed by atoms with Gasteiger partial charge in [0.15, 0.2) is 28.8 Å². The van der Waals surface area contributed by atoms with Gasteiger partial charge in [0, 0.05) is 18.8 Å². The van der Waals surface area contributed by atoms with Gasteiger partial charge in [-0.1, -0.05) is 78.1 Å². The number of hydrogen-bond donors (Lipinski definition) is 1. The number of hydrogen-bond acceptors (Lipinski definition) is 7. The molecule has 37 heavy (non-hydrogen) atoms. The highest BCUT2D eigenvalue weighted by molar-refractivity contribution is 5.85. The number of aliphatic hydroxyl groups is 1. The molecule has 0 amide bonds. The third-order valence-corrected chi connectivity index (χ3v) is 8.09. The molecule has 0 bridgehead atoms. The Balaban J connectivity index is 1.16. The van der Waals surface area contributed by atoms with Gasteiger partial charge < -0.3 is 19.3 Å². The first-order valence-electron chi connectivity index (χ1n) is 14.5.